The van der Waals surface area contributed by atoms with E-state index in [-0.39, 0.29) is 28.6 Å². The number of likely N-dealkylation sites (N-methyl/N-ethyl adjacent to an activating group) is 1. The third-order valence-electron chi connectivity index (χ3n) is 6.41. The Balaban J connectivity index is 0.000000738. The second kappa shape index (κ2) is 13.5. The van der Waals surface area contributed by atoms with Gasteiger partial charge in [-0.05, 0) is 38.2 Å². The largest absolute Gasteiger partial charge is 0.507 e. The van der Waals surface area contributed by atoms with E-state index in [1.54, 1.807) is 7.05 Å². The first-order valence-corrected chi connectivity index (χ1v) is 12.8. The van der Waals surface area contributed by atoms with E-state index >= 15 is 0 Å². The zero-order valence-electron chi connectivity index (χ0n) is 23.3. The summed E-state index contributed by atoms with van der Waals surface area (Å²) in [5, 5.41) is 38.5. The van der Waals surface area contributed by atoms with E-state index in [2.05, 4.69) is 0 Å². The van der Waals surface area contributed by atoms with Crippen LogP contribution in [-0.4, -0.2) is 89.3 Å². The fourth-order valence-corrected chi connectivity index (χ4v) is 4.48. The molecule has 0 spiro atoms. The summed E-state index contributed by atoms with van der Waals surface area (Å²) in [5.41, 5.74) is -1.57. The summed E-state index contributed by atoms with van der Waals surface area (Å²) in [7, 11) is 1.77. The fourth-order valence-electron chi connectivity index (χ4n) is 4.48. The van der Waals surface area contributed by atoms with Crippen LogP contribution in [0.25, 0.3) is 22.3 Å². The van der Waals surface area contributed by atoms with E-state index in [1.165, 1.54) is 0 Å². The number of phenols is 2. The van der Waals surface area contributed by atoms with E-state index in [4.69, 9.17) is 23.8 Å². The highest BCUT2D eigenvalue weighted by atomic mass is 19.4. The van der Waals surface area contributed by atoms with Crippen molar-refractivity contribution >= 4 is 16.9 Å². The number of halogens is 9. The molecule has 1 aliphatic heterocycles. The lowest BCUT2D eigenvalue weighted by Crippen LogP contribution is -2.40. The smallest absolute Gasteiger partial charge is 0.490 e. The number of rotatable bonds is 6. The average Bonchev–Trinajstić information content (AvgIpc) is 2.90. The number of benzene rings is 2. The summed E-state index contributed by atoms with van der Waals surface area (Å²) in [6.45, 7) is -2.74. The Bertz CT molecular complexity index is 1620. The van der Waals surface area contributed by atoms with Gasteiger partial charge < -0.3 is 39.2 Å². The number of fused-ring (bicyclic) bond motifs is 1. The Morgan fingerprint density at radius 1 is 0.957 bits per heavy atom. The van der Waals surface area contributed by atoms with Gasteiger partial charge in [0.25, 0.3) is 0 Å². The first-order chi connectivity index (χ1) is 21.1. The molecule has 46 heavy (non-hydrogen) atoms. The molecule has 1 fully saturated rings. The molecule has 0 unspecified atom stereocenters. The van der Waals surface area contributed by atoms with E-state index in [9.17, 15) is 59.6 Å². The van der Waals surface area contributed by atoms with Crippen LogP contribution in [0.4, 0.5) is 39.5 Å². The Hall–Kier alpha value is -4.39. The molecule has 254 valence electrons. The highest BCUT2D eigenvalue weighted by Crippen LogP contribution is 2.44. The monoisotopic (exact) mass is 677 g/mol. The molecule has 10 nitrogen and oxygen atoms in total. The number of carbonyl (C=O) groups is 1. The number of aromatic hydroxyl groups is 2. The maximum absolute atomic E-state index is 13.1. The molecule has 4 rings (SSSR count). The van der Waals surface area contributed by atoms with Crippen LogP contribution in [0.1, 0.15) is 17.9 Å². The van der Waals surface area contributed by atoms with Crippen molar-refractivity contribution in [3.63, 3.8) is 0 Å². The van der Waals surface area contributed by atoms with Gasteiger partial charge in [-0.1, -0.05) is 0 Å². The number of nitrogens with zero attached hydrogens (tertiary/aromatic N) is 1. The topological polar surface area (TPSA) is 150 Å². The molecule has 19 heteroatoms. The summed E-state index contributed by atoms with van der Waals surface area (Å²) in [5.74, 6) is -5.98. The van der Waals surface area contributed by atoms with Crippen LogP contribution in [0.5, 0.6) is 23.0 Å². The predicted octanol–water partition coefficient (Wildman–Crippen LogP) is 5.17. The van der Waals surface area contributed by atoms with Crippen LogP contribution in [0, 0.1) is 0 Å². The minimum Gasteiger partial charge on any atom is -0.507 e. The second-order valence-corrected chi connectivity index (χ2v) is 10.0. The van der Waals surface area contributed by atoms with E-state index in [0.29, 0.717) is 13.0 Å². The van der Waals surface area contributed by atoms with Gasteiger partial charge in [-0.25, -0.2) is 4.79 Å². The van der Waals surface area contributed by atoms with Gasteiger partial charge in [0.2, 0.25) is 0 Å². The standard InChI is InChI=1S/C25H23F6NO7.C2HF3O2/c1-32-5-4-13(18(36)9-32)21-15(33)7-16(34)22-17(35)8-20(39-23(21)22)14-6-12(37-10-24(26,27)28)2-3-19(14)38-11-25(29,30)31;3-2(4,5)1(6)7/h2-3,6-8,13,18,33-34,36H,4-5,9-11H2,1H3;(H,6,7)/t13-,18+;/m0./s1. The number of piperidine rings is 1. The Labute approximate surface area is 251 Å². The van der Waals surface area contributed by atoms with Gasteiger partial charge in [-0.15, -0.1) is 0 Å². The normalized spacial score (nSPS) is 17.7. The summed E-state index contributed by atoms with van der Waals surface area (Å²) < 4.78 is 124. The number of aliphatic hydroxyl groups is 1. The molecule has 4 N–H and O–H groups in total. The minimum atomic E-state index is -5.08. The number of aliphatic carboxylic acids is 1. The summed E-state index contributed by atoms with van der Waals surface area (Å²) >= 11 is 0. The van der Waals surface area contributed by atoms with Crippen LogP contribution in [0.15, 0.2) is 39.5 Å². The van der Waals surface area contributed by atoms with Crippen molar-refractivity contribution in [2.45, 2.75) is 37.0 Å². The molecule has 2 aromatic carbocycles. The lowest BCUT2D eigenvalue weighted by atomic mass is 9.85. The summed E-state index contributed by atoms with van der Waals surface area (Å²) in [4.78, 5) is 23.8. The molecule has 1 aliphatic rings. The number of hydrogen-bond donors (Lipinski definition) is 4. The van der Waals surface area contributed by atoms with Gasteiger partial charge in [0, 0.05) is 30.2 Å². The Kier molecular flexibility index (Phi) is 10.6. The molecule has 0 saturated carbocycles. The highest BCUT2D eigenvalue weighted by Gasteiger charge is 2.38. The van der Waals surface area contributed by atoms with Gasteiger partial charge in [-0.3, -0.25) is 4.79 Å². The number of alkyl halides is 9. The first-order valence-electron chi connectivity index (χ1n) is 12.8. The zero-order chi connectivity index (χ0) is 34.8. The van der Waals surface area contributed by atoms with Crippen molar-refractivity contribution in [3.05, 3.63) is 46.1 Å². The number of hydrogen-bond acceptors (Lipinski definition) is 9. The number of likely N-dealkylation sites (tertiary alicyclic amines) is 1. The highest BCUT2D eigenvalue weighted by molar-refractivity contribution is 5.90. The molecule has 0 bridgehead atoms. The van der Waals surface area contributed by atoms with Gasteiger partial charge in [0.05, 0.1) is 11.7 Å². The third kappa shape index (κ3) is 9.32. The molecule has 0 aliphatic carbocycles. The third-order valence-corrected chi connectivity index (χ3v) is 6.41. The average molecular weight is 677 g/mol. The van der Waals surface area contributed by atoms with Crippen LogP contribution in [0.2, 0.25) is 0 Å². The van der Waals surface area contributed by atoms with Crippen molar-refractivity contribution in [3.8, 4) is 34.3 Å². The van der Waals surface area contributed by atoms with Gasteiger partial charge in [0.15, 0.2) is 18.6 Å². The van der Waals surface area contributed by atoms with E-state index < -0.39 is 83.9 Å². The molecular formula is C27H24F9NO9. The molecule has 0 amide bonds. The molecule has 2 atom stereocenters. The molecule has 1 saturated heterocycles. The lowest BCUT2D eigenvalue weighted by molar-refractivity contribution is -0.192. The van der Waals surface area contributed by atoms with Gasteiger partial charge in [0.1, 0.15) is 39.7 Å². The van der Waals surface area contributed by atoms with Gasteiger partial charge >= 0.3 is 24.5 Å². The molecule has 3 aromatic rings. The van der Waals surface area contributed by atoms with Crippen molar-refractivity contribution in [1.29, 1.82) is 0 Å². The Morgan fingerprint density at radius 3 is 2.09 bits per heavy atom. The fraction of sp³-hybridized carbons (Fsp3) is 0.407. The van der Waals surface area contributed by atoms with Crippen molar-refractivity contribution in [1.82, 2.24) is 4.90 Å². The molecule has 1 aromatic heterocycles. The number of aliphatic hydroxyl groups excluding tert-OH is 1. The minimum absolute atomic E-state index is 0.00964. The second-order valence-electron chi connectivity index (χ2n) is 10.0. The zero-order valence-corrected chi connectivity index (χ0v) is 23.3. The summed E-state index contributed by atoms with van der Waals surface area (Å²) in [6.07, 6.45) is -15.2. The maximum Gasteiger partial charge on any atom is 0.490 e. The van der Waals surface area contributed by atoms with E-state index in [1.807, 2.05) is 4.90 Å². The predicted molar refractivity (Wildman–Crippen MR) is 139 cm³/mol. The number of phenolic OH excluding ortho intramolecular Hbond substituents is 2. The van der Waals surface area contributed by atoms with E-state index in [0.717, 1.165) is 30.3 Å². The number of ether oxygens (including phenoxy) is 2. The van der Waals surface area contributed by atoms with Crippen LogP contribution < -0.4 is 14.9 Å². The first kappa shape index (κ1) is 36.1. The van der Waals surface area contributed by atoms with Crippen molar-refractivity contribution in [2.24, 2.45) is 0 Å². The summed E-state index contributed by atoms with van der Waals surface area (Å²) in [6, 6.07) is 4.53. The molecular weight excluding hydrogens is 653 g/mol. The Morgan fingerprint density at radius 2 is 1.54 bits per heavy atom. The van der Waals surface area contributed by atoms with Crippen molar-refractivity contribution < 1.29 is 78.6 Å². The number of carboxylic acids is 1. The van der Waals surface area contributed by atoms with Gasteiger partial charge in [-0.2, -0.15) is 39.5 Å². The quantitative estimate of drug-likeness (QED) is 0.258. The molecule has 2 heterocycles. The lowest BCUT2D eigenvalue weighted by Gasteiger charge is -2.34. The number of β-amino-alcohol motifs (C(OH)–C–C–N with tert-alkyl or cyclic N) is 1. The SMILES string of the molecule is CN1CC[C@H](c2c(O)cc(O)c3c(=O)cc(-c4cc(OCC(F)(F)F)ccc4OCC(F)(F)F)oc23)[C@H](O)C1.O=C(O)C(F)(F)F. The van der Waals surface area contributed by atoms with Crippen molar-refractivity contribution in [2.75, 3.05) is 33.4 Å². The number of carboxylic acid groups (broad SMARTS) is 1. The van der Waals surface area contributed by atoms with Crippen LogP contribution in [0.3, 0.4) is 0 Å². The maximum atomic E-state index is 13.1. The molecule has 0 radical (unpaired) electrons. The van der Waals surface area contributed by atoms with Crippen LogP contribution >= 0.6 is 0 Å². The van der Waals surface area contributed by atoms with Crippen LogP contribution in [-0.2, 0) is 4.79 Å².